The molecule has 1 aromatic rings. The number of amides is 4. The van der Waals surface area contributed by atoms with E-state index in [-0.39, 0.29) is 30.1 Å². The van der Waals surface area contributed by atoms with Gasteiger partial charge in [-0.2, -0.15) is 0 Å². The first-order valence-corrected chi connectivity index (χ1v) is 7.15. The van der Waals surface area contributed by atoms with E-state index in [1.54, 1.807) is 0 Å². The molecule has 1 N–H and O–H groups in total. The standard InChI is InChI=1S/C15H14FN3O4/c16-12-2-1-9(8-20)5-11(12)14(22)18-4-3-10(7-18)19-13(21)6-17-15(19)23/h1-2,5,8,10H,3-4,6-7H2,(H,17,23). The van der Waals surface area contributed by atoms with Gasteiger partial charge in [-0.1, -0.05) is 0 Å². The second-order valence-corrected chi connectivity index (χ2v) is 5.47. The van der Waals surface area contributed by atoms with E-state index in [9.17, 15) is 23.6 Å². The average Bonchev–Trinajstić information content (AvgIpc) is 3.14. The van der Waals surface area contributed by atoms with Gasteiger partial charge < -0.3 is 10.2 Å². The number of hydrogen-bond donors (Lipinski definition) is 1. The van der Waals surface area contributed by atoms with Crippen molar-refractivity contribution in [3.63, 3.8) is 0 Å². The number of nitrogens with zero attached hydrogens (tertiary/aromatic N) is 2. The Hall–Kier alpha value is -2.77. The van der Waals surface area contributed by atoms with Crippen LogP contribution < -0.4 is 5.32 Å². The van der Waals surface area contributed by atoms with Crippen molar-refractivity contribution in [2.75, 3.05) is 19.6 Å². The molecule has 4 amide bonds. The molecule has 2 aliphatic rings. The van der Waals surface area contributed by atoms with Crippen LogP contribution in [0.3, 0.4) is 0 Å². The molecule has 0 saturated carbocycles. The molecule has 23 heavy (non-hydrogen) atoms. The van der Waals surface area contributed by atoms with Gasteiger partial charge in [-0.25, -0.2) is 9.18 Å². The van der Waals surface area contributed by atoms with Crippen molar-refractivity contribution >= 4 is 24.1 Å². The molecule has 3 rings (SSSR count). The predicted octanol–water partition coefficient (Wildman–Crippen LogP) is 0.404. The van der Waals surface area contributed by atoms with Gasteiger partial charge in [-0.3, -0.25) is 19.3 Å². The third kappa shape index (κ3) is 2.67. The molecule has 1 unspecified atom stereocenters. The van der Waals surface area contributed by atoms with Crippen molar-refractivity contribution in [1.29, 1.82) is 0 Å². The molecule has 0 aromatic heterocycles. The zero-order valence-corrected chi connectivity index (χ0v) is 12.1. The maximum atomic E-state index is 13.8. The summed E-state index contributed by atoms with van der Waals surface area (Å²) in [5.74, 6) is -1.59. The summed E-state index contributed by atoms with van der Waals surface area (Å²) in [5.41, 5.74) is 0.0204. The first-order valence-electron chi connectivity index (χ1n) is 7.15. The monoisotopic (exact) mass is 319 g/mol. The van der Waals surface area contributed by atoms with E-state index in [0.717, 1.165) is 11.0 Å². The summed E-state index contributed by atoms with van der Waals surface area (Å²) in [7, 11) is 0. The number of benzene rings is 1. The van der Waals surface area contributed by atoms with E-state index in [4.69, 9.17) is 0 Å². The predicted molar refractivity (Wildman–Crippen MR) is 76.3 cm³/mol. The van der Waals surface area contributed by atoms with Gasteiger partial charge in [-0.05, 0) is 24.6 Å². The van der Waals surface area contributed by atoms with Gasteiger partial charge >= 0.3 is 6.03 Å². The summed E-state index contributed by atoms with van der Waals surface area (Å²) in [6, 6.07) is 2.68. The second kappa shape index (κ2) is 5.79. The van der Waals surface area contributed by atoms with Gasteiger partial charge in [0.1, 0.15) is 12.1 Å². The summed E-state index contributed by atoms with van der Waals surface area (Å²) in [6.07, 6.45) is 0.982. The highest BCUT2D eigenvalue weighted by Crippen LogP contribution is 2.21. The first-order chi connectivity index (χ1) is 11.0. The van der Waals surface area contributed by atoms with Crippen LogP contribution in [-0.2, 0) is 4.79 Å². The van der Waals surface area contributed by atoms with Crippen LogP contribution in [0.15, 0.2) is 18.2 Å². The molecular formula is C15H14FN3O4. The van der Waals surface area contributed by atoms with Crippen molar-refractivity contribution in [2.45, 2.75) is 12.5 Å². The number of likely N-dealkylation sites (tertiary alicyclic amines) is 1. The van der Waals surface area contributed by atoms with Gasteiger partial charge in [0.15, 0.2) is 0 Å². The van der Waals surface area contributed by atoms with Crippen LogP contribution in [0.1, 0.15) is 27.1 Å². The number of nitrogens with one attached hydrogen (secondary N) is 1. The van der Waals surface area contributed by atoms with Crippen LogP contribution in [-0.4, -0.2) is 59.6 Å². The maximum absolute atomic E-state index is 13.8. The van der Waals surface area contributed by atoms with E-state index in [2.05, 4.69) is 5.32 Å². The number of carbonyl (C=O) groups is 4. The topological polar surface area (TPSA) is 86.8 Å². The van der Waals surface area contributed by atoms with Gasteiger partial charge in [0, 0.05) is 18.7 Å². The number of halogens is 1. The number of urea groups is 1. The smallest absolute Gasteiger partial charge is 0.324 e. The van der Waals surface area contributed by atoms with Crippen molar-refractivity contribution in [1.82, 2.24) is 15.1 Å². The molecule has 8 heteroatoms. The molecule has 2 fully saturated rings. The fraction of sp³-hybridized carbons (Fsp3) is 0.333. The Morgan fingerprint density at radius 2 is 2.13 bits per heavy atom. The highest BCUT2D eigenvalue weighted by molar-refractivity contribution is 6.02. The average molecular weight is 319 g/mol. The zero-order valence-electron chi connectivity index (χ0n) is 12.1. The first kappa shape index (κ1) is 15.1. The number of aldehydes is 1. The van der Waals surface area contributed by atoms with E-state index in [1.165, 1.54) is 17.0 Å². The van der Waals surface area contributed by atoms with Crippen molar-refractivity contribution in [3.05, 3.63) is 35.1 Å². The Morgan fingerprint density at radius 3 is 2.78 bits per heavy atom. The molecule has 2 saturated heterocycles. The molecule has 0 bridgehead atoms. The van der Waals surface area contributed by atoms with Gasteiger partial charge in [-0.15, -0.1) is 0 Å². The third-order valence-electron chi connectivity index (χ3n) is 4.05. The van der Waals surface area contributed by atoms with Crippen LogP contribution in [0.5, 0.6) is 0 Å². The van der Waals surface area contributed by atoms with Crippen LogP contribution in [0.2, 0.25) is 0 Å². The van der Waals surface area contributed by atoms with Crippen molar-refractivity contribution in [2.24, 2.45) is 0 Å². The lowest BCUT2D eigenvalue weighted by molar-refractivity contribution is -0.126. The normalized spacial score (nSPS) is 20.8. The Morgan fingerprint density at radius 1 is 1.35 bits per heavy atom. The number of carbonyl (C=O) groups excluding carboxylic acids is 4. The van der Waals surface area contributed by atoms with Gasteiger partial charge in [0.25, 0.3) is 5.91 Å². The molecule has 7 nitrogen and oxygen atoms in total. The Bertz CT molecular complexity index is 690. The molecule has 1 atom stereocenters. The highest BCUT2D eigenvalue weighted by Gasteiger charge is 2.40. The lowest BCUT2D eigenvalue weighted by Crippen LogP contribution is -2.43. The van der Waals surface area contributed by atoms with E-state index < -0.39 is 23.8 Å². The summed E-state index contributed by atoms with van der Waals surface area (Å²) in [5, 5.41) is 2.43. The minimum absolute atomic E-state index is 0.0424. The van der Waals surface area contributed by atoms with Crippen LogP contribution in [0, 0.1) is 5.82 Å². The summed E-state index contributed by atoms with van der Waals surface area (Å²) in [6.45, 7) is 0.424. The second-order valence-electron chi connectivity index (χ2n) is 5.47. The number of imide groups is 1. The largest absolute Gasteiger partial charge is 0.336 e. The van der Waals surface area contributed by atoms with Gasteiger partial charge in [0.2, 0.25) is 5.91 Å². The Kier molecular flexibility index (Phi) is 3.81. The molecule has 2 aliphatic heterocycles. The van der Waals surface area contributed by atoms with E-state index >= 15 is 0 Å². The van der Waals surface area contributed by atoms with E-state index in [1.807, 2.05) is 0 Å². The van der Waals surface area contributed by atoms with Crippen molar-refractivity contribution < 1.29 is 23.6 Å². The molecule has 0 spiro atoms. The minimum Gasteiger partial charge on any atom is -0.336 e. The molecule has 1 aromatic carbocycles. The SMILES string of the molecule is O=Cc1ccc(F)c(C(=O)N2CCC(N3C(=O)CNC3=O)C2)c1. The minimum atomic E-state index is -0.709. The van der Waals surface area contributed by atoms with Crippen LogP contribution in [0.4, 0.5) is 9.18 Å². The summed E-state index contributed by atoms with van der Waals surface area (Å²) >= 11 is 0. The van der Waals surface area contributed by atoms with Crippen molar-refractivity contribution in [3.8, 4) is 0 Å². The molecule has 0 radical (unpaired) electrons. The zero-order chi connectivity index (χ0) is 16.6. The lowest BCUT2D eigenvalue weighted by Gasteiger charge is -2.21. The molecule has 2 heterocycles. The van der Waals surface area contributed by atoms with E-state index in [0.29, 0.717) is 19.3 Å². The number of hydrogen-bond acceptors (Lipinski definition) is 4. The summed E-state index contributed by atoms with van der Waals surface area (Å²) in [4.78, 5) is 49.0. The van der Waals surface area contributed by atoms with Crippen LogP contribution in [0.25, 0.3) is 0 Å². The number of rotatable bonds is 3. The molecular weight excluding hydrogens is 305 g/mol. The fourth-order valence-electron chi connectivity index (χ4n) is 2.89. The lowest BCUT2D eigenvalue weighted by atomic mass is 10.1. The Labute approximate surface area is 131 Å². The Balaban J connectivity index is 1.76. The van der Waals surface area contributed by atoms with Gasteiger partial charge in [0.05, 0.1) is 18.2 Å². The third-order valence-corrected chi connectivity index (χ3v) is 4.05. The fourth-order valence-corrected chi connectivity index (χ4v) is 2.89. The summed E-state index contributed by atoms with van der Waals surface area (Å²) < 4.78 is 13.8. The molecule has 120 valence electrons. The molecule has 0 aliphatic carbocycles. The quantitative estimate of drug-likeness (QED) is 0.645. The maximum Gasteiger partial charge on any atom is 0.324 e. The van der Waals surface area contributed by atoms with Crippen LogP contribution >= 0.6 is 0 Å². The highest BCUT2D eigenvalue weighted by atomic mass is 19.1.